The van der Waals surface area contributed by atoms with Crippen LogP contribution in [-0.4, -0.2) is 28.3 Å². The third-order valence-electron chi connectivity index (χ3n) is 3.52. The summed E-state index contributed by atoms with van der Waals surface area (Å²) >= 11 is 1.82. The van der Waals surface area contributed by atoms with Gasteiger partial charge in [-0.2, -0.15) is 11.8 Å². The molecule has 5 heteroatoms. The first-order valence-electron chi connectivity index (χ1n) is 7.41. The smallest absolute Gasteiger partial charge is 0.252 e. The Hall–Kier alpha value is -0.970. The zero-order valence-electron chi connectivity index (χ0n) is 12.8. The van der Waals surface area contributed by atoms with Gasteiger partial charge in [-0.25, -0.2) is 4.98 Å². The van der Waals surface area contributed by atoms with Crippen LogP contribution < -0.4 is 10.5 Å². The second kappa shape index (κ2) is 6.66. The molecule has 1 aromatic rings. The van der Waals surface area contributed by atoms with Crippen LogP contribution in [0.2, 0.25) is 0 Å². The van der Waals surface area contributed by atoms with Crippen LogP contribution in [0.3, 0.4) is 0 Å². The summed E-state index contributed by atoms with van der Waals surface area (Å²) in [6, 6.07) is 1.62. The van der Waals surface area contributed by atoms with Crippen LogP contribution in [-0.2, 0) is 5.75 Å². The van der Waals surface area contributed by atoms with Crippen molar-refractivity contribution in [2.45, 2.75) is 45.1 Å². The van der Waals surface area contributed by atoms with E-state index in [0.717, 1.165) is 30.5 Å². The van der Waals surface area contributed by atoms with Gasteiger partial charge in [-0.15, -0.1) is 0 Å². The highest BCUT2D eigenvalue weighted by atomic mass is 32.2. The second-order valence-corrected chi connectivity index (χ2v) is 7.84. The quantitative estimate of drug-likeness (QED) is 0.928. The van der Waals surface area contributed by atoms with E-state index in [1.807, 2.05) is 11.8 Å². The number of H-pyrrole nitrogens is 1. The van der Waals surface area contributed by atoms with E-state index < -0.39 is 0 Å². The third-order valence-corrected chi connectivity index (χ3v) is 4.64. The zero-order chi connectivity index (χ0) is 14.7. The van der Waals surface area contributed by atoms with E-state index in [1.165, 1.54) is 6.42 Å². The summed E-state index contributed by atoms with van der Waals surface area (Å²) in [6.45, 7) is 10.8. The molecular formula is C15H25N3OS. The molecule has 1 aliphatic heterocycles. The predicted molar refractivity (Wildman–Crippen MR) is 86.4 cm³/mol. The van der Waals surface area contributed by atoms with E-state index in [1.54, 1.807) is 6.07 Å². The van der Waals surface area contributed by atoms with Gasteiger partial charge in [0.1, 0.15) is 0 Å². The summed E-state index contributed by atoms with van der Waals surface area (Å²) in [7, 11) is 0. The van der Waals surface area contributed by atoms with Crippen molar-refractivity contribution in [3.63, 3.8) is 0 Å². The molecule has 2 rings (SSSR count). The molecule has 1 aromatic heterocycles. The van der Waals surface area contributed by atoms with Crippen molar-refractivity contribution in [1.82, 2.24) is 9.97 Å². The molecule has 2 unspecified atom stereocenters. The summed E-state index contributed by atoms with van der Waals surface area (Å²) in [5.74, 6) is 2.85. The number of aromatic amines is 1. The van der Waals surface area contributed by atoms with Crippen molar-refractivity contribution in [3.05, 3.63) is 22.1 Å². The molecule has 1 saturated heterocycles. The minimum absolute atomic E-state index is 0.0414. The molecule has 1 N–H and O–H groups in total. The lowest BCUT2D eigenvalue weighted by atomic mass is 9.92. The van der Waals surface area contributed by atoms with Gasteiger partial charge in [-0.05, 0) is 23.5 Å². The first-order valence-corrected chi connectivity index (χ1v) is 8.45. The first-order chi connectivity index (χ1) is 9.44. The topological polar surface area (TPSA) is 49.0 Å². The first kappa shape index (κ1) is 15.4. The fourth-order valence-electron chi connectivity index (χ4n) is 2.81. The number of anilines is 1. The average Bonchev–Trinajstić information content (AvgIpc) is 2.34. The number of piperidine rings is 1. The monoisotopic (exact) mass is 295 g/mol. The van der Waals surface area contributed by atoms with Crippen molar-refractivity contribution in [1.29, 1.82) is 0 Å². The Labute approximate surface area is 125 Å². The van der Waals surface area contributed by atoms with Crippen molar-refractivity contribution in [3.8, 4) is 0 Å². The minimum Gasteiger partial charge on any atom is -0.342 e. The second-order valence-electron chi connectivity index (χ2n) is 6.27. The largest absolute Gasteiger partial charge is 0.342 e. The Kier molecular flexibility index (Phi) is 5.13. The number of hydrogen-bond donors (Lipinski definition) is 1. The van der Waals surface area contributed by atoms with Crippen LogP contribution >= 0.6 is 11.8 Å². The minimum atomic E-state index is -0.0414. The summed E-state index contributed by atoms with van der Waals surface area (Å²) in [6.07, 6.45) is 1.25. The summed E-state index contributed by atoms with van der Waals surface area (Å²) in [5, 5.41) is 0.551. The number of thioether (sulfide) groups is 1. The van der Waals surface area contributed by atoms with Crippen LogP contribution in [0.5, 0.6) is 0 Å². The number of rotatable bonds is 4. The van der Waals surface area contributed by atoms with Crippen LogP contribution in [0.1, 0.15) is 39.8 Å². The molecule has 20 heavy (non-hydrogen) atoms. The van der Waals surface area contributed by atoms with E-state index in [4.69, 9.17) is 0 Å². The normalized spacial score (nSPS) is 23.4. The lowest BCUT2D eigenvalue weighted by Crippen LogP contribution is -2.40. The van der Waals surface area contributed by atoms with E-state index in [9.17, 15) is 4.79 Å². The number of nitrogens with zero attached hydrogens (tertiary/aromatic N) is 2. The van der Waals surface area contributed by atoms with Crippen molar-refractivity contribution >= 4 is 17.7 Å². The van der Waals surface area contributed by atoms with Gasteiger partial charge in [0.2, 0.25) is 5.95 Å². The highest BCUT2D eigenvalue weighted by Crippen LogP contribution is 2.24. The van der Waals surface area contributed by atoms with Crippen molar-refractivity contribution < 1.29 is 0 Å². The maximum Gasteiger partial charge on any atom is 0.252 e. The number of aromatic nitrogens is 2. The molecular weight excluding hydrogens is 270 g/mol. The molecule has 0 bridgehead atoms. The van der Waals surface area contributed by atoms with E-state index in [-0.39, 0.29) is 5.56 Å². The molecule has 0 aromatic carbocycles. The van der Waals surface area contributed by atoms with Crippen molar-refractivity contribution in [2.24, 2.45) is 11.8 Å². The highest BCUT2D eigenvalue weighted by Gasteiger charge is 2.23. The zero-order valence-corrected chi connectivity index (χ0v) is 13.7. The van der Waals surface area contributed by atoms with Gasteiger partial charge in [0, 0.05) is 24.9 Å². The molecule has 1 aliphatic rings. The summed E-state index contributed by atoms with van der Waals surface area (Å²) in [5.41, 5.74) is 0.841. The van der Waals surface area contributed by atoms with Gasteiger partial charge in [-0.1, -0.05) is 27.7 Å². The Bertz CT molecular complexity index is 490. The maximum absolute atomic E-state index is 11.8. The summed E-state index contributed by atoms with van der Waals surface area (Å²) < 4.78 is 0. The van der Waals surface area contributed by atoms with E-state index >= 15 is 0 Å². The van der Waals surface area contributed by atoms with Gasteiger partial charge >= 0.3 is 0 Å². The molecule has 0 amide bonds. The SMILES string of the molecule is CC1CC(C)CN(c2nc(CSC(C)C)cc(=O)[nH]2)C1. The Balaban J connectivity index is 2.16. The fourth-order valence-corrected chi connectivity index (χ4v) is 3.46. The Morgan fingerprint density at radius 3 is 2.65 bits per heavy atom. The van der Waals surface area contributed by atoms with Crippen LogP contribution in [0.25, 0.3) is 0 Å². The number of hydrogen-bond acceptors (Lipinski definition) is 4. The lowest BCUT2D eigenvalue weighted by Gasteiger charge is -2.35. The standard InChI is InChI=1S/C15H25N3OS/c1-10(2)20-9-13-6-14(19)17-15(16-13)18-7-11(3)5-12(4)8-18/h6,10-12H,5,7-9H2,1-4H3,(H,16,17,19). The van der Waals surface area contributed by atoms with Crippen LogP contribution in [0.4, 0.5) is 5.95 Å². The highest BCUT2D eigenvalue weighted by molar-refractivity contribution is 7.99. The number of nitrogens with one attached hydrogen (secondary N) is 1. The van der Waals surface area contributed by atoms with Gasteiger partial charge in [0.25, 0.3) is 5.56 Å². The third kappa shape index (κ3) is 4.27. The maximum atomic E-state index is 11.8. The van der Waals surface area contributed by atoms with Gasteiger partial charge in [-0.3, -0.25) is 9.78 Å². The molecule has 0 aliphatic carbocycles. The molecule has 2 atom stereocenters. The van der Waals surface area contributed by atoms with E-state index in [0.29, 0.717) is 17.1 Å². The van der Waals surface area contributed by atoms with Crippen LogP contribution in [0, 0.1) is 11.8 Å². The Morgan fingerprint density at radius 2 is 2.05 bits per heavy atom. The van der Waals surface area contributed by atoms with Crippen LogP contribution in [0.15, 0.2) is 10.9 Å². The molecule has 0 saturated carbocycles. The molecule has 0 spiro atoms. The summed E-state index contributed by atoms with van der Waals surface area (Å²) in [4.78, 5) is 21.6. The molecule has 112 valence electrons. The predicted octanol–water partition coefficient (Wildman–Crippen LogP) is 2.89. The fraction of sp³-hybridized carbons (Fsp3) is 0.733. The van der Waals surface area contributed by atoms with Gasteiger partial charge < -0.3 is 4.90 Å². The van der Waals surface area contributed by atoms with Crippen molar-refractivity contribution in [2.75, 3.05) is 18.0 Å². The Morgan fingerprint density at radius 1 is 1.40 bits per heavy atom. The molecule has 4 nitrogen and oxygen atoms in total. The van der Waals surface area contributed by atoms with Gasteiger partial charge in [0.05, 0.1) is 5.69 Å². The van der Waals surface area contributed by atoms with E-state index in [2.05, 4.69) is 42.6 Å². The molecule has 0 radical (unpaired) electrons. The van der Waals surface area contributed by atoms with Gasteiger partial charge in [0.15, 0.2) is 0 Å². The molecule has 2 heterocycles. The molecule has 1 fully saturated rings. The lowest BCUT2D eigenvalue weighted by molar-refractivity contribution is 0.353. The average molecular weight is 295 g/mol.